The van der Waals surface area contributed by atoms with Gasteiger partial charge >= 0.3 is 0 Å². The second-order valence-corrected chi connectivity index (χ2v) is 5.61. The Hall–Kier alpha value is -0.980. The highest BCUT2D eigenvalue weighted by Gasteiger charge is 2.22. The third-order valence-electron chi connectivity index (χ3n) is 3.22. The van der Waals surface area contributed by atoms with E-state index < -0.39 is 0 Å². The monoisotopic (exact) mass is 204 g/mol. The lowest BCUT2D eigenvalue weighted by molar-refractivity contribution is 0.440. The Morgan fingerprint density at radius 1 is 1.07 bits per heavy atom. The van der Waals surface area contributed by atoms with Crippen molar-refractivity contribution < 1.29 is 5.11 Å². The lowest BCUT2D eigenvalue weighted by Crippen LogP contribution is -2.12. The van der Waals surface area contributed by atoms with Crippen molar-refractivity contribution in [3.05, 3.63) is 28.8 Å². The molecule has 0 aromatic heterocycles. The Labute approximate surface area is 92.1 Å². The van der Waals surface area contributed by atoms with Crippen molar-refractivity contribution in [2.75, 3.05) is 0 Å². The second kappa shape index (κ2) is 3.55. The molecule has 1 N–H and O–H groups in total. The van der Waals surface area contributed by atoms with Crippen LogP contribution in [0.4, 0.5) is 0 Å². The highest BCUT2D eigenvalue weighted by Crippen LogP contribution is 2.36. The maximum atomic E-state index is 10.2. The molecule has 2 bridgehead atoms. The number of phenols is 1. The largest absolute Gasteiger partial charge is 0.507 e. The summed E-state index contributed by atoms with van der Waals surface area (Å²) in [6.45, 7) is 6.48. The van der Waals surface area contributed by atoms with E-state index in [4.69, 9.17) is 0 Å². The van der Waals surface area contributed by atoms with Gasteiger partial charge in [0.25, 0.3) is 0 Å². The lowest BCUT2D eigenvalue weighted by Gasteiger charge is -2.22. The summed E-state index contributed by atoms with van der Waals surface area (Å²) in [5.41, 5.74) is 3.69. The van der Waals surface area contributed by atoms with Crippen molar-refractivity contribution in [1.82, 2.24) is 0 Å². The molecule has 1 aromatic rings. The molecule has 0 atom stereocenters. The van der Waals surface area contributed by atoms with Crippen LogP contribution in [0.25, 0.3) is 0 Å². The third-order valence-corrected chi connectivity index (χ3v) is 3.22. The summed E-state index contributed by atoms with van der Waals surface area (Å²) >= 11 is 0. The number of aryl methyl sites for hydroxylation is 2. The summed E-state index contributed by atoms with van der Waals surface area (Å²) < 4.78 is 0. The third kappa shape index (κ3) is 2.01. The molecule has 1 aromatic carbocycles. The number of benzene rings is 1. The number of phenolic OH excluding ortho intramolecular Hbond substituents is 1. The first kappa shape index (κ1) is 10.5. The minimum absolute atomic E-state index is 0.0409. The van der Waals surface area contributed by atoms with Crippen LogP contribution in [-0.2, 0) is 18.3 Å². The summed E-state index contributed by atoms with van der Waals surface area (Å²) in [7, 11) is 0. The molecule has 0 saturated carbocycles. The SMILES string of the molecule is CC(C)(C)c1cc2cc(c1O)CCCC2. The molecule has 0 unspecified atom stereocenters. The van der Waals surface area contributed by atoms with Crippen molar-refractivity contribution in [2.45, 2.75) is 51.9 Å². The standard InChI is InChI=1S/C14H20O/c1-14(2,3)12-9-10-6-4-5-7-11(8-10)13(12)15/h8-9,15H,4-7H2,1-3H3. The highest BCUT2D eigenvalue weighted by atomic mass is 16.3. The van der Waals surface area contributed by atoms with Crippen molar-refractivity contribution in [3.63, 3.8) is 0 Å². The second-order valence-electron chi connectivity index (χ2n) is 5.61. The van der Waals surface area contributed by atoms with E-state index in [1.165, 1.54) is 18.4 Å². The minimum Gasteiger partial charge on any atom is -0.507 e. The number of rotatable bonds is 0. The molecule has 15 heavy (non-hydrogen) atoms. The van der Waals surface area contributed by atoms with Crippen LogP contribution in [0, 0.1) is 0 Å². The predicted molar refractivity (Wildman–Crippen MR) is 63.4 cm³/mol. The summed E-state index contributed by atoms with van der Waals surface area (Å²) in [6.07, 6.45) is 4.64. The summed E-state index contributed by atoms with van der Waals surface area (Å²) in [5, 5.41) is 10.2. The van der Waals surface area contributed by atoms with Crippen molar-refractivity contribution in [1.29, 1.82) is 0 Å². The normalized spacial score (nSPS) is 16.2. The number of aromatic hydroxyl groups is 1. The molecule has 0 amide bonds. The van der Waals surface area contributed by atoms with Crippen molar-refractivity contribution in [2.24, 2.45) is 0 Å². The zero-order valence-electron chi connectivity index (χ0n) is 9.93. The van der Waals surface area contributed by atoms with Gasteiger partial charge < -0.3 is 5.11 Å². The van der Waals surface area contributed by atoms with Gasteiger partial charge in [0.2, 0.25) is 0 Å². The molecule has 0 saturated heterocycles. The van der Waals surface area contributed by atoms with Gasteiger partial charge in [0.05, 0.1) is 0 Å². The first-order valence-electron chi connectivity index (χ1n) is 5.84. The molecule has 1 aliphatic carbocycles. The Kier molecular flexibility index (Phi) is 2.49. The average molecular weight is 204 g/mol. The average Bonchev–Trinajstić information content (AvgIpc) is 2.32. The molecule has 1 heteroatoms. The molecule has 0 fully saturated rings. The zero-order chi connectivity index (χ0) is 11.1. The maximum Gasteiger partial charge on any atom is 0.122 e. The number of hydrogen-bond donors (Lipinski definition) is 1. The molecular formula is C14H20O. The first-order valence-corrected chi connectivity index (χ1v) is 5.84. The van der Waals surface area contributed by atoms with Crippen LogP contribution in [0.5, 0.6) is 5.75 Å². The molecule has 2 rings (SSSR count). The smallest absolute Gasteiger partial charge is 0.122 e. The highest BCUT2D eigenvalue weighted by molar-refractivity contribution is 5.47. The Bertz CT molecular complexity index is 372. The van der Waals surface area contributed by atoms with Crippen molar-refractivity contribution >= 4 is 0 Å². The summed E-state index contributed by atoms with van der Waals surface area (Å²) in [6, 6.07) is 4.36. The minimum atomic E-state index is 0.0409. The van der Waals surface area contributed by atoms with E-state index in [1.807, 2.05) is 0 Å². The number of hydrogen-bond acceptors (Lipinski definition) is 1. The Morgan fingerprint density at radius 3 is 2.40 bits per heavy atom. The fraction of sp³-hybridized carbons (Fsp3) is 0.571. The van der Waals surface area contributed by atoms with Gasteiger partial charge in [0.1, 0.15) is 5.75 Å². The van der Waals surface area contributed by atoms with Gasteiger partial charge in [-0.3, -0.25) is 0 Å². The van der Waals surface area contributed by atoms with Gasteiger partial charge in [-0.2, -0.15) is 0 Å². The fourth-order valence-electron chi connectivity index (χ4n) is 2.31. The first-order chi connectivity index (χ1) is 6.98. The topological polar surface area (TPSA) is 20.2 Å². The Balaban J connectivity index is 2.56. The molecule has 82 valence electrons. The van der Waals surface area contributed by atoms with Crippen LogP contribution >= 0.6 is 0 Å². The summed E-state index contributed by atoms with van der Waals surface area (Å²) in [5.74, 6) is 0.535. The molecule has 1 nitrogen and oxygen atoms in total. The van der Waals surface area contributed by atoms with E-state index in [1.54, 1.807) is 0 Å². The van der Waals surface area contributed by atoms with Crippen LogP contribution in [0.1, 0.15) is 50.3 Å². The van der Waals surface area contributed by atoms with Gasteiger partial charge in [-0.25, -0.2) is 0 Å². The van der Waals surface area contributed by atoms with Gasteiger partial charge in [-0.05, 0) is 47.8 Å². The van der Waals surface area contributed by atoms with Crippen molar-refractivity contribution in [3.8, 4) is 5.75 Å². The van der Waals surface area contributed by atoms with E-state index in [2.05, 4.69) is 32.9 Å². The van der Waals surface area contributed by atoms with E-state index >= 15 is 0 Å². The van der Waals surface area contributed by atoms with Gasteiger partial charge in [0, 0.05) is 0 Å². The van der Waals surface area contributed by atoms with Crippen LogP contribution in [0.15, 0.2) is 12.1 Å². The maximum absolute atomic E-state index is 10.2. The Morgan fingerprint density at radius 2 is 1.73 bits per heavy atom. The lowest BCUT2D eigenvalue weighted by atomic mass is 9.84. The quantitative estimate of drug-likeness (QED) is 0.685. The van der Waals surface area contributed by atoms with Crippen LogP contribution in [0.2, 0.25) is 0 Å². The van der Waals surface area contributed by atoms with E-state index in [9.17, 15) is 5.11 Å². The molecule has 0 aliphatic heterocycles. The van der Waals surface area contributed by atoms with Gasteiger partial charge in [-0.1, -0.05) is 32.9 Å². The number of fused-ring (bicyclic) bond motifs is 2. The zero-order valence-corrected chi connectivity index (χ0v) is 9.93. The van der Waals surface area contributed by atoms with Gasteiger partial charge in [0.15, 0.2) is 0 Å². The predicted octanol–water partition coefficient (Wildman–Crippen LogP) is 3.57. The fourth-order valence-corrected chi connectivity index (χ4v) is 2.31. The molecule has 0 spiro atoms. The van der Waals surface area contributed by atoms with E-state index in [0.717, 1.165) is 24.0 Å². The van der Waals surface area contributed by atoms with E-state index in [0.29, 0.717) is 5.75 Å². The summed E-state index contributed by atoms with van der Waals surface area (Å²) in [4.78, 5) is 0. The van der Waals surface area contributed by atoms with Gasteiger partial charge in [-0.15, -0.1) is 0 Å². The van der Waals surface area contributed by atoms with Crippen LogP contribution in [-0.4, -0.2) is 5.11 Å². The molecule has 0 heterocycles. The van der Waals surface area contributed by atoms with Crippen LogP contribution in [0.3, 0.4) is 0 Å². The van der Waals surface area contributed by atoms with Crippen LogP contribution < -0.4 is 0 Å². The molecular weight excluding hydrogens is 184 g/mol. The van der Waals surface area contributed by atoms with E-state index in [-0.39, 0.29) is 5.41 Å². The molecule has 1 aliphatic rings. The molecule has 0 radical (unpaired) electrons.